The van der Waals surface area contributed by atoms with Crippen molar-refractivity contribution in [2.75, 3.05) is 32.7 Å². The van der Waals surface area contributed by atoms with Crippen molar-refractivity contribution in [3.63, 3.8) is 0 Å². The van der Waals surface area contributed by atoms with Crippen LogP contribution in [-0.4, -0.2) is 49.3 Å². The molecule has 0 atom stereocenters. The Morgan fingerprint density at radius 3 is 2.79 bits per heavy atom. The van der Waals surface area contributed by atoms with Crippen LogP contribution in [0.4, 0.5) is 10.5 Å². The zero-order chi connectivity index (χ0) is 21.4. The zero-order valence-corrected chi connectivity index (χ0v) is 18.9. The van der Waals surface area contributed by atoms with Gasteiger partial charge in [0.25, 0.3) is 0 Å². The SMILES string of the molecule is CNN(C)N(C)C(=O)Nc1cccc(C)c1CO/N=C(\C)C1=CCCC(SC)=C1. The van der Waals surface area contributed by atoms with Gasteiger partial charge in [-0.1, -0.05) is 23.4 Å². The number of nitrogens with zero attached hydrogens (tertiary/aromatic N) is 3. The highest BCUT2D eigenvalue weighted by molar-refractivity contribution is 8.02. The molecule has 0 saturated carbocycles. The molecule has 158 valence electrons. The van der Waals surface area contributed by atoms with Gasteiger partial charge in [-0.3, -0.25) is 0 Å². The number of hydrogen-bond acceptors (Lipinski definition) is 6. The van der Waals surface area contributed by atoms with E-state index in [2.05, 4.69) is 34.3 Å². The highest BCUT2D eigenvalue weighted by Gasteiger charge is 2.15. The number of benzene rings is 1. The molecule has 0 spiro atoms. The number of aryl methyl sites for hydroxylation is 1. The maximum Gasteiger partial charge on any atom is 0.337 e. The van der Waals surface area contributed by atoms with Crippen LogP contribution in [0.25, 0.3) is 0 Å². The summed E-state index contributed by atoms with van der Waals surface area (Å²) in [4.78, 5) is 19.5. The molecule has 1 aromatic rings. The maximum atomic E-state index is 12.5. The average molecular weight is 418 g/mol. The van der Waals surface area contributed by atoms with E-state index in [9.17, 15) is 4.79 Å². The molecule has 0 radical (unpaired) electrons. The lowest BCUT2D eigenvalue weighted by Crippen LogP contribution is -2.49. The van der Waals surface area contributed by atoms with Crippen LogP contribution in [0.5, 0.6) is 0 Å². The Morgan fingerprint density at radius 1 is 1.34 bits per heavy atom. The lowest BCUT2D eigenvalue weighted by Gasteiger charge is -2.27. The molecular weight excluding hydrogens is 386 g/mol. The maximum absolute atomic E-state index is 12.5. The van der Waals surface area contributed by atoms with Gasteiger partial charge in [-0.25, -0.2) is 15.2 Å². The first-order valence-electron chi connectivity index (χ1n) is 9.53. The van der Waals surface area contributed by atoms with E-state index in [1.54, 1.807) is 38.0 Å². The van der Waals surface area contributed by atoms with Gasteiger partial charge in [0.05, 0.1) is 5.71 Å². The Balaban J connectivity index is 2.08. The topological polar surface area (TPSA) is 69.2 Å². The van der Waals surface area contributed by atoms with Crippen LogP contribution in [0.2, 0.25) is 0 Å². The minimum absolute atomic E-state index is 0.254. The predicted octanol–water partition coefficient (Wildman–Crippen LogP) is 4.30. The van der Waals surface area contributed by atoms with Crippen molar-refractivity contribution in [2.24, 2.45) is 5.16 Å². The minimum atomic E-state index is -0.254. The fourth-order valence-electron chi connectivity index (χ4n) is 2.83. The molecule has 0 unspecified atom stereocenters. The monoisotopic (exact) mass is 417 g/mol. The van der Waals surface area contributed by atoms with Crippen LogP contribution in [0.1, 0.15) is 30.9 Å². The summed E-state index contributed by atoms with van der Waals surface area (Å²) in [5, 5.41) is 10.3. The summed E-state index contributed by atoms with van der Waals surface area (Å²) >= 11 is 1.78. The quantitative estimate of drug-likeness (QED) is 0.488. The Morgan fingerprint density at radius 2 is 2.10 bits per heavy atom. The van der Waals surface area contributed by atoms with Gasteiger partial charge in [0.1, 0.15) is 6.61 Å². The third-order valence-electron chi connectivity index (χ3n) is 4.88. The molecular formula is C21H31N5O2S. The summed E-state index contributed by atoms with van der Waals surface area (Å²) in [7, 11) is 5.18. The summed E-state index contributed by atoms with van der Waals surface area (Å²) in [6.45, 7) is 4.22. The third-order valence-corrected chi connectivity index (χ3v) is 5.73. The molecule has 0 bridgehead atoms. The number of nitrogens with one attached hydrogen (secondary N) is 2. The van der Waals surface area contributed by atoms with Crippen molar-refractivity contribution in [1.29, 1.82) is 0 Å². The molecule has 29 heavy (non-hydrogen) atoms. The second kappa shape index (κ2) is 11.0. The van der Waals surface area contributed by atoms with Gasteiger partial charge >= 0.3 is 6.03 Å². The first-order chi connectivity index (χ1) is 13.9. The van der Waals surface area contributed by atoms with Gasteiger partial charge in [-0.15, -0.1) is 11.8 Å². The molecule has 7 nitrogen and oxygen atoms in total. The van der Waals surface area contributed by atoms with Crippen LogP contribution >= 0.6 is 11.8 Å². The summed E-state index contributed by atoms with van der Waals surface area (Å²) < 4.78 is 0. The molecule has 0 aromatic heterocycles. The van der Waals surface area contributed by atoms with E-state index in [0.717, 1.165) is 35.3 Å². The van der Waals surface area contributed by atoms with E-state index >= 15 is 0 Å². The number of thioether (sulfide) groups is 1. The van der Waals surface area contributed by atoms with Crippen LogP contribution in [0.15, 0.2) is 46.0 Å². The van der Waals surface area contributed by atoms with Gasteiger partial charge in [-0.05, 0) is 61.1 Å². The number of carbonyl (C=O) groups excluding carboxylic acids is 1. The second-order valence-electron chi connectivity index (χ2n) is 6.77. The number of oxime groups is 1. The van der Waals surface area contributed by atoms with Crippen molar-refractivity contribution >= 4 is 29.2 Å². The van der Waals surface area contributed by atoms with Crippen LogP contribution in [-0.2, 0) is 11.4 Å². The second-order valence-corrected chi connectivity index (χ2v) is 7.70. The van der Waals surface area contributed by atoms with Crippen molar-refractivity contribution < 1.29 is 9.63 Å². The summed E-state index contributed by atoms with van der Waals surface area (Å²) in [5.41, 5.74) is 7.48. The third kappa shape index (κ3) is 6.35. The van der Waals surface area contributed by atoms with Crippen LogP contribution in [0, 0.1) is 6.92 Å². The standard InChI is InChI=1S/C21H31N5O2S/c1-15-9-7-12-20(23-21(27)25(4)26(5)22-3)19(15)14-28-24-16(2)17-10-8-11-18(13-17)29-6/h7,9-10,12-13,22H,8,11,14H2,1-6H3,(H,23,27)/b24-16+. The van der Waals surface area contributed by atoms with E-state index in [-0.39, 0.29) is 12.6 Å². The first kappa shape index (κ1) is 23.0. The highest BCUT2D eigenvalue weighted by atomic mass is 32.2. The molecule has 0 heterocycles. The molecule has 0 aliphatic heterocycles. The Kier molecular flexibility index (Phi) is 8.75. The van der Waals surface area contributed by atoms with Crippen molar-refractivity contribution in [3.8, 4) is 0 Å². The molecule has 8 heteroatoms. The number of amides is 2. The normalized spacial score (nSPS) is 14.4. The fourth-order valence-corrected chi connectivity index (χ4v) is 3.39. The molecule has 1 aliphatic rings. The molecule has 1 aliphatic carbocycles. The predicted molar refractivity (Wildman–Crippen MR) is 122 cm³/mol. The van der Waals surface area contributed by atoms with Crippen LogP contribution in [0.3, 0.4) is 0 Å². The number of hydrogen-bond donors (Lipinski definition) is 2. The van der Waals surface area contributed by atoms with Crippen molar-refractivity contribution in [3.05, 3.63) is 52.0 Å². The van der Waals surface area contributed by atoms with Gasteiger partial charge in [0.2, 0.25) is 0 Å². The number of urea groups is 1. The van der Waals surface area contributed by atoms with Crippen LogP contribution < -0.4 is 10.7 Å². The van der Waals surface area contributed by atoms with Gasteiger partial charge in [0, 0.05) is 32.4 Å². The average Bonchev–Trinajstić information content (AvgIpc) is 2.74. The first-order valence-corrected chi connectivity index (χ1v) is 10.8. The molecule has 0 saturated heterocycles. The zero-order valence-electron chi connectivity index (χ0n) is 18.1. The van der Waals surface area contributed by atoms with E-state index < -0.39 is 0 Å². The molecule has 0 fully saturated rings. The van der Waals surface area contributed by atoms with Gasteiger partial charge < -0.3 is 10.2 Å². The summed E-state index contributed by atoms with van der Waals surface area (Å²) in [5.74, 6) is 0. The van der Waals surface area contributed by atoms with E-state index in [0.29, 0.717) is 5.69 Å². The Hall–Kier alpha value is -2.29. The largest absolute Gasteiger partial charge is 0.391 e. The summed E-state index contributed by atoms with van der Waals surface area (Å²) in [6, 6.07) is 5.51. The van der Waals surface area contributed by atoms with Crippen molar-refractivity contribution in [2.45, 2.75) is 33.3 Å². The number of hydrazine groups is 2. The highest BCUT2D eigenvalue weighted by Crippen LogP contribution is 2.26. The van der Waals surface area contributed by atoms with E-state index in [1.807, 2.05) is 32.0 Å². The molecule has 2 rings (SSSR count). The van der Waals surface area contributed by atoms with Gasteiger partial charge in [0.15, 0.2) is 0 Å². The number of allylic oxidation sites excluding steroid dienone is 4. The number of carbonyl (C=O) groups is 1. The lowest BCUT2D eigenvalue weighted by molar-refractivity contribution is 0.0289. The Bertz CT molecular complexity index is 819. The summed E-state index contributed by atoms with van der Waals surface area (Å²) in [6.07, 6.45) is 8.57. The molecule has 2 N–H and O–H groups in total. The van der Waals surface area contributed by atoms with E-state index in [1.165, 1.54) is 9.91 Å². The fraction of sp³-hybridized carbons (Fsp3) is 0.429. The molecule has 1 aromatic carbocycles. The lowest BCUT2D eigenvalue weighted by atomic mass is 10.0. The molecule has 2 amide bonds. The number of rotatable bonds is 8. The number of anilines is 1. The van der Waals surface area contributed by atoms with E-state index in [4.69, 9.17) is 4.84 Å². The smallest absolute Gasteiger partial charge is 0.337 e. The van der Waals surface area contributed by atoms with Gasteiger partial charge in [-0.2, -0.15) is 5.12 Å². The van der Waals surface area contributed by atoms with Crippen molar-refractivity contribution in [1.82, 2.24) is 15.6 Å². The minimum Gasteiger partial charge on any atom is -0.391 e. The Labute approximate surface area is 177 Å².